The van der Waals surface area contributed by atoms with E-state index in [2.05, 4.69) is 10.6 Å². The molecule has 8 nitrogen and oxygen atoms in total. The fourth-order valence-electron chi connectivity index (χ4n) is 3.70. The number of carbonyl (C=O) groups is 2. The highest BCUT2D eigenvalue weighted by Gasteiger charge is 2.12. The van der Waals surface area contributed by atoms with Crippen LogP contribution in [-0.2, 0) is 11.3 Å². The summed E-state index contributed by atoms with van der Waals surface area (Å²) in [6.45, 7) is 2.90. The number of nitro groups is 1. The predicted molar refractivity (Wildman–Crippen MR) is 138 cm³/mol. The lowest BCUT2D eigenvalue weighted by atomic mass is 10.2. The Morgan fingerprint density at radius 1 is 1.03 bits per heavy atom. The van der Waals surface area contributed by atoms with E-state index in [-0.39, 0.29) is 23.3 Å². The molecular weight excluding hydrogens is 464 g/mol. The number of nitrogens with one attached hydrogen (secondary N) is 2. The van der Waals surface area contributed by atoms with Crippen molar-refractivity contribution in [2.45, 2.75) is 18.4 Å². The third-order valence-corrected chi connectivity index (χ3v) is 6.43. The van der Waals surface area contributed by atoms with Gasteiger partial charge in [0.05, 0.1) is 10.7 Å². The number of anilines is 1. The lowest BCUT2D eigenvalue weighted by molar-refractivity contribution is -0.384. The Balaban J connectivity index is 1.37. The minimum absolute atomic E-state index is 0.0574. The molecule has 2 N–H and O–H groups in total. The topological polar surface area (TPSA) is 106 Å². The summed E-state index contributed by atoms with van der Waals surface area (Å²) >= 11 is 1.47. The van der Waals surface area contributed by atoms with Crippen molar-refractivity contribution in [2.75, 3.05) is 17.6 Å². The first kappa shape index (κ1) is 24.0. The van der Waals surface area contributed by atoms with Crippen molar-refractivity contribution in [3.63, 3.8) is 0 Å². The molecule has 1 aromatic heterocycles. The molecule has 1 heterocycles. The van der Waals surface area contributed by atoms with Gasteiger partial charge in [0.1, 0.15) is 0 Å². The van der Waals surface area contributed by atoms with Gasteiger partial charge in [-0.25, -0.2) is 0 Å². The molecule has 4 rings (SSSR count). The number of benzene rings is 3. The molecular formula is C26H24N4O4S. The summed E-state index contributed by atoms with van der Waals surface area (Å²) in [5.41, 5.74) is 3.18. The Bertz CT molecular complexity index is 1380. The van der Waals surface area contributed by atoms with Crippen molar-refractivity contribution in [3.05, 3.63) is 100 Å². The third-order valence-electron chi connectivity index (χ3n) is 5.39. The maximum atomic E-state index is 12.5. The third kappa shape index (κ3) is 6.07. The maximum absolute atomic E-state index is 12.5. The fourth-order valence-corrected chi connectivity index (χ4v) is 4.59. The highest BCUT2D eigenvalue weighted by molar-refractivity contribution is 8.00. The number of aryl methyl sites for hydroxylation is 1. The molecule has 0 fully saturated rings. The average molecular weight is 489 g/mol. The van der Waals surface area contributed by atoms with Gasteiger partial charge in [0.2, 0.25) is 5.91 Å². The van der Waals surface area contributed by atoms with Gasteiger partial charge >= 0.3 is 0 Å². The molecule has 178 valence electrons. The first-order chi connectivity index (χ1) is 16.9. The van der Waals surface area contributed by atoms with Crippen LogP contribution in [0.15, 0.2) is 83.9 Å². The monoisotopic (exact) mass is 488 g/mol. The van der Waals surface area contributed by atoms with Crippen LogP contribution in [-0.4, -0.2) is 33.6 Å². The second-order valence-corrected chi connectivity index (χ2v) is 8.99. The smallest absolute Gasteiger partial charge is 0.269 e. The molecule has 35 heavy (non-hydrogen) atoms. The summed E-state index contributed by atoms with van der Waals surface area (Å²) in [6.07, 6.45) is 1.99. The summed E-state index contributed by atoms with van der Waals surface area (Å²) in [7, 11) is 0. The number of hydrogen-bond acceptors (Lipinski definition) is 5. The summed E-state index contributed by atoms with van der Waals surface area (Å²) < 4.78 is 2.05. The van der Waals surface area contributed by atoms with E-state index in [9.17, 15) is 19.7 Å². The second kappa shape index (κ2) is 10.9. The van der Waals surface area contributed by atoms with Crippen molar-refractivity contribution >= 4 is 45.9 Å². The minimum atomic E-state index is -0.499. The highest BCUT2D eigenvalue weighted by Crippen LogP contribution is 2.30. The quantitative estimate of drug-likeness (QED) is 0.195. The Labute approximate surface area is 206 Å². The lowest BCUT2D eigenvalue weighted by Crippen LogP contribution is -2.27. The van der Waals surface area contributed by atoms with Crippen molar-refractivity contribution < 1.29 is 14.5 Å². The number of fused-ring (bicyclic) bond motifs is 1. The number of thioether (sulfide) groups is 1. The van der Waals surface area contributed by atoms with Crippen LogP contribution in [0.3, 0.4) is 0 Å². The number of para-hydroxylation sites is 1. The number of aromatic nitrogens is 1. The number of carbonyl (C=O) groups excluding carboxylic acids is 2. The largest absolute Gasteiger partial charge is 0.350 e. The zero-order valence-corrected chi connectivity index (χ0v) is 19.9. The standard InChI is InChI=1S/C26H24N4O4S/c1-18-5-4-6-20(15-18)28-25(31)17-35-24-16-29(23-8-3-2-7-22(23)24)14-13-27-26(32)19-9-11-21(12-10-19)30(33)34/h2-12,15-16H,13-14,17H2,1H3,(H,27,32)(H,28,31). The number of hydrogen-bond donors (Lipinski definition) is 2. The van der Waals surface area contributed by atoms with Gasteiger partial charge in [0, 0.05) is 58.5 Å². The van der Waals surface area contributed by atoms with Gasteiger partial charge in [0.15, 0.2) is 0 Å². The minimum Gasteiger partial charge on any atom is -0.350 e. The highest BCUT2D eigenvalue weighted by atomic mass is 32.2. The molecule has 0 unspecified atom stereocenters. The summed E-state index contributed by atoms with van der Waals surface area (Å²) in [5.74, 6) is -0.0923. The van der Waals surface area contributed by atoms with Crippen molar-refractivity contribution in [3.8, 4) is 0 Å². The molecule has 2 amide bonds. The molecule has 3 aromatic carbocycles. The normalized spacial score (nSPS) is 10.8. The van der Waals surface area contributed by atoms with E-state index >= 15 is 0 Å². The van der Waals surface area contributed by atoms with E-state index in [0.717, 1.165) is 27.0 Å². The van der Waals surface area contributed by atoms with Crippen LogP contribution in [0.1, 0.15) is 15.9 Å². The molecule has 0 bridgehead atoms. The van der Waals surface area contributed by atoms with Gasteiger partial charge in [-0.1, -0.05) is 30.3 Å². The van der Waals surface area contributed by atoms with E-state index < -0.39 is 4.92 Å². The molecule has 0 aliphatic rings. The molecule has 0 aliphatic carbocycles. The number of non-ortho nitro benzene ring substituents is 1. The van der Waals surface area contributed by atoms with Crippen LogP contribution in [0.2, 0.25) is 0 Å². The zero-order chi connectivity index (χ0) is 24.8. The van der Waals surface area contributed by atoms with Crippen molar-refractivity contribution in [1.82, 2.24) is 9.88 Å². The zero-order valence-electron chi connectivity index (χ0n) is 19.1. The van der Waals surface area contributed by atoms with Crippen molar-refractivity contribution in [1.29, 1.82) is 0 Å². The SMILES string of the molecule is Cc1cccc(NC(=O)CSc2cn(CCNC(=O)c3ccc([N+](=O)[O-])cc3)c3ccccc23)c1. The van der Waals surface area contributed by atoms with Crippen LogP contribution < -0.4 is 10.6 Å². The molecule has 0 atom stereocenters. The summed E-state index contributed by atoms with van der Waals surface area (Å²) in [4.78, 5) is 36.1. The van der Waals surface area contributed by atoms with E-state index in [1.54, 1.807) is 0 Å². The van der Waals surface area contributed by atoms with Gasteiger partial charge in [0.25, 0.3) is 11.6 Å². The molecule has 4 aromatic rings. The predicted octanol–water partition coefficient (Wildman–Crippen LogP) is 5.02. The summed E-state index contributed by atoms with van der Waals surface area (Å²) in [6, 6.07) is 21.1. The number of rotatable bonds is 9. The van der Waals surface area contributed by atoms with Crippen LogP contribution in [0, 0.1) is 17.0 Å². The maximum Gasteiger partial charge on any atom is 0.269 e. The number of nitro benzene ring substituents is 1. The van der Waals surface area contributed by atoms with Crippen LogP contribution in [0.25, 0.3) is 10.9 Å². The molecule has 0 aliphatic heterocycles. The van der Waals surface area contributed by atoms with Crippen LogP contribution in [0.4, 0.5) is 11.4 Å². The first-order valence-electron chi connectivity index (χ1n) is 11.0. The van der Waals surface area contributed by atoms with Gasteiger partial charge in [-0.2, -0.15) is 0 Å². The van der Waals surface area contributed by atoms with Gasteiger partial charge < -0.3 is 15.2 Å². The van der Waals surface area contributed by atoms with Crippen molar-refractivity contribution in [2.24, 2.45) is 0 Å². The second-order valence-electron chi connectivity index (χ2n) is 7.97. The Morgan fingerprint density at radius 3 is 2.54 bits per heavy atom. The van der Waals surface area contributed by atoms with Crippen LogP contribution in [0.5, 0.6) is 0 Å². The Morgan fingerprint density at radius 2 is 1.80 bits per heavy atom. The Hall–Kier alpha value is -4.11. The van der Waals surface area contributed by atoms with E-state index in [1.807, 2.05) is 66.2 Å². The number of nitrogens with zero attached hydrogens (tertiary/aromatic N) is 2. The van der Waals surface area contributed by atoms with Gasteiger partial charge in [-0.15, -0.1) is 11.8 Å². The van der Waals surface area contributed by atoms with E-state index in [0.29, 0.717) is 18.7 Å². The molecule has 9 heteroatoms. The fraction of sp³-hybridized carbons (Fsp3) is 0.154. The number of amides is 2. The molecule has 0 spiro atoms. The lowest BCUT2D eigenvalue weighted by Gasteiger charge is -2.07. The molecule has 0 radical (unpaired) electrons. The van der Waals surface area contributed by atoms with E-state index in [4.69, 9.17) is 0 Å². The van der Waals surface area contributed by atoms with E-state index in [1.165, 1.54) is 36.0 Å². The Kier molecular flexibility index (Phi) is 7.47. The molecule has 0 saturated carbocycles. The average Bonchev–Trinajstić information content (AvgIpc) is 3.20. The molecule has 0 saturated heterocycles. The first-order valence-corrected chi connectivity index (χ1v) is 12.0. The summed E-state index contributed by atoms with van der Waals surface area (Å²) in [5, 5.41) is 17.6. The van der Waals surface area contributed by atoms with Gasteiger partial charge in [-0.05, 0) is 42.8 Å². The van der Waals surface area contributed by atoms with Crippen LogP contribution >= 0.6 is 11.8 Å². The van der Waals surface area contributed by atoms with Gasteiger partial charge in [-0.3, -0.25) is 19.7 Å².